The van der Waals surface area contributed by atoms with E-state index in [1.54, 1.807) is 0 Å². The van der Waals surface area contributed by atoms with E-state index in [0.29, 0.717) is 11.4 Å². The van der Waals surface area contributed by atoms with E-state index in [1.807, 2.05) is 41.7 Å². The molecule has 0 bridgehead atoms. The van der Waals surface area contributed by atoms with E-state index in [1.165, 1.54) is 0 Å². The molecule has 1 amide bonds. The van der Waals surface area contributed by atoms with Crippen LogP contribution in [0.3, 0.4) is 0 Å². The molecule has 0 aliphatic carbocycles. The standard InChI is InChI=1S/C17H27N3O3S/c1-10-12-8-9-20(6)15(12)14(19-24(7,22)23)11(2)13(10)18-16(21)17(3,4)5/h19H,8-9H2,1-7H3,(H,18,21). The first kappa shape index (κ1) is 18.6. The number of likely N-dealkylation sites (N-methyl/N-ethyl adjacent to an activating group) is 1. The van der Waals surface area contributed by atoms with Gasteiger partial charge < -0.3 is 10.2 Å². The maximum absolute atomic E-state index is 12.4. The van der Waals surface area contributed by atoms with Crippen molar-refractivity contribution in [1.82, 2.24) is 0 Å². The van der Waals surface area contributed by atoms with Crippen LogP contribution >= 0.6 is 0 Å². The van der Waals surface area contributed by atoms with Crippen LogP contribution in [0.4, 0.5) is 17.1 Å². The van der Waals surface area contributed by atoms with Crippen LogP contribution in [0.25, 0.3) is 0 Å². The van der Waals surface area contributed by atoms with Gasteiger partial charge in [0.15, 0.2) is 0 Å². The minimum Gasteiger partial charge on any atom is -0.372 e. The van der Waals surface area contributed by atoms with Gasteiger partial charge in [-0.15, -0.1) is 0 Å². The quantitative estimate of drug-likeness (QED) is 0.876. The van der Waals surface area contributed by atoms with Gasteiger partial charge in [0.05, 0.1) is 17.6 Å². The normalized spacial score (nSPS) is 14.5. The number of nitrogens with zero attached hydrogens (tertiary/aromatic N) is 1. The Morgan fingerprint density at radius 3 is 2.21 bits per heavy atom. The molecule has 2 rings (SSSR count). The Bertz CT molecular complexity index is 793. The van der Waals surface area contributed by atoms with Crippen molar-refractivity contribution in [3.8, 4) is 0 Å². The number of rotatable bonds is 3. The summed E-state index contributed by atoms with van der Waals surface area (Å²) < 4.78 is 26.3. The third kappa shape index (κ3) is 3.50. The molecule has 0 saturated carbocycles. The number of fused-ring (bicyclic) bond motifs is 1. The summed E-state index contributed by atoms with van der Waals surface area (Å²) in [6.45, 7) is 10.2. The maximum atomic E-state index is 12.4. The molecule has 2 N–H and O–H groups in total. The van der Waals surface area contributed by atoms with Crippen molar-refractivity contribution in [2.45, 2.75) is 41.0 Å². The SMILES string of the molecule is Cc1c2c(c(NS(C)(=O)=O)c(C)c1NC(=O)C(C)(C)C)N(C)CC2. The summed E-state index contributed by atoms with van der Waals surface area (Å²) in [7, 11) is -1.47. The summed E-state index contributed by atoms with van der Waals surface area (Å²) in [5.41, 5.74) is 4.46. The third-order valence-electron chi connectivity index (χ3n) is 4.39. The van der Waals surface area contributed by atoms with Crippen LogP contribution in [0.1, 0.15) is 37.5 Å². The Balaban J connectivity index is 2.66. The molecule has 1 aromatic rings. The Labute approximate surface area is 144 Å². The highest BCUT2D eigenvalue weighted by molar-refractivity contribution is 7.92. The van der Waals surface area contributed by atoms with Gasteiger partial charge in [0.25, 0.3) is 0 Å². The molecular formula is C17H27N3O3S. The van der Waals surface area contributed by atoms with E-state index < -0.39 is 15.4 Å². The molecule has 1 aromatic carbocycles. The predicted molar refractivity (Wildman–Crippen MR) is 99.4 cm³/mol. The van der Waals surface area contributed by atoms with Crippen molar-refractivity contribution in [1.29, 1.82) is 0 Å². The highest BCUT2D eigenvalue weighted by Gasteiger charge is 2.30. The summed E-state index contributed by atoms with van der Waals surface area (Å²) in [6, 6.07) is 0. The number of benzene rings is 1. The number of amides is 1. The van der Waals surface area contributed by atoms with Gasteiger partial charge in [-0.05, 0) is 37.0 Å². The van der Waals surface area contributed by atoms with Crippen LogP contribution < -0.4 is 14.9 Å². The van der Waals surface area contributed by atoms with Gasteiger partial charge in [-0.3, -0.25) is 9.52 Å². The average Bonchev–Trinajstić information content (AvgIpc) is 2.79. The lowest BCUT2D eigenvalue weighted by molar-refractivity contribution is -0.123. The van der Waals surface area contributed by atoms with E-state index in [9.17, 15) is 13.2 Å². The van der Waals surface area contributed by atoms with Gasteiger partial charge >= 0.3 is 0 Å². The first-order chi connectivity index (χ1) is 10.8. The van der Waals surface area contributed by atoms with Crippen molar-refractivity contribution < 1.29 is 13.2 Å². The number of anilines is 3. The molecule has 134 valence electrons. The highest BCUT2D eigenvalue weighted by Crippen LogP contribution is 2.44. The van der Waals surface area contributed by atoms with Crippen LogP contribution in [-0.2, 0) is 21.2 Å². The Morgan fingerprint density at radius 1 is 1.12 bits per heavy atom. The number of carbonyl (C=O) groups excluding carboxylic acids is 1. The maximum Gasteiger partial charge on any atom is 0.229 e. The zero-order valence-electron chi connectivity index (χ0n) is 15.5. The van der Waals surface area contributed by atoms with Gasteiger partial charge in [-0.25, -0.2) is 8.42 Å². The van der Waals surface area contributed by atoms with Crippen LogP contribution in [0.5, 0.6) is 0 Å². The molecule has 6 nitrogen and oxygen atoms in total. The molecule has 1 aliphatic heterocycles. The molecule has 0 unspecified atom stereocenters. The van der Waals surface area contributed by atoms with E-state index >= 15 is 0 Å². The first-order valence-electron chi connectivity index (χ1n) is 7.99. The second-order valence-electron chi connectivity index (χ2n) is 7.58. The van der Waals surface area contributed by atoms with Gasteiger partial charge in [-0.2, -0.15) is 0 Å². The monoisotopic (exact) mass is 353 g/mol. The summed E-state index contributed by atoms with van der Waals surface area (Å²) in [4.78, 5) is 14.5. The van der Waals surface area contributed by atoms with Crippen molar-refractivity contribution in [3.05, 3.63) is 16.7 Å². The lowest BCUT2D eigenvalue weighted by Crippen LogP contribution is -2.28. The van der Waals surface area contributed by atoms with Crippen LogP contribution in [-0.4, -0.2) is 34.2 Å². The molecule has 0 aromatic heterocycles. The van der Waals surface area contributed by atoms with E-state index in [2.05, 4.69) is 14.9 Å². The fraction of sp³-hybridized carbons (Fsp3) is 0.588. The highest BCUT2D eigenvalue weighted by atomic mass is 32.2. The molecule has 0 radical (unpaired) electrons. The van der Waals surface area contributed by atoms with Crippen molar-refractivity contribution in [2.75, 3.05) is 34.8 Å². The molecule has 1 aliphatic rings. The molecule has 1 heterocycles. The van der Waals surface area contributed by atoms with Gasteiger partial charge in [0.1, 0.15) is 0 Å². The van der Waals surface area contributed by atoms with Crippen molar-refractivity contribution in [3.63, 3.8) is 0 Å². The number of hydrogen-bond acceptors (Lipinski definition) is 4. The van der Waals surface area contributed by atoms with E-state index in [4.69, 9.17) is 0 Å². The fourth-order valence-corrected chi connectivity index (χ4v) is 3.60. The van der Waals surface area contributed by atoms with Crippen LogP contribution in [0, 0.1) is 19.3 Å². The summed E-state index contributed by atoms with van der Waals surface area (Å²) in [5.74, 6) is -0.0923. The molecule has 0 spiro atoms. The van der Waals surface area contributed by atoms with E-state index in [0.717, 1.165) is 41.6 Å². The van der Waals surface area contributed by atoms with Gasteiger partial charge in [0.2, 0.25) is 15.9 Å². The number of carbonyl (C=O) groups is 1. The summed E-state index contributed by atoms with van der Waals surface area (Å²) in [6.07, 6.45) is 1.97. The second-order valence-corrected chi connectivity index (χ2v) is 9.33. The van der Waals surface area contributed by atoms with E-state index in [-0.39, 0.29) is 5.91 Å². The van der Waals surface area contributed by atoms with Gasteiger partial charge in [0, 0.05) is 24.7 Å². The van der Waals surface area contributed by atoms with Gasteiger partial charge in [-0.1, -0.05) is 20.8 Å². The first-order valence-corrected chi connectivity index (χ1v) is 9.88. The molecule has 0 atom stereocenters. The minimum atomic E-state index is -3.42. The second kappa shape index (κ2) is 5.95. The molecule has 0 fully saturated rings. The third-order valence-corrected chi connectivity index (χ3v) is 4.96. The van der Waals surface area contributed by atoms with Crippen molar-refractivity contribution >= 4 is 33.0 Å². The average molecular weight is 353 g/mol. The fourth-order valence-electron chi connectivity index (χ4n) is 2.98. The van der Waals surface area contributed by atoms with Crippen molar-refractivity contribution in [2.24, 2.45) is 5.41 Å². The summed E-state index contributed by atoms with van der Waals surface area (Å²) >= 11 is 0. The zero-order chi connectivity index (χ0) is 18.4. The topological polar surface area (TPSA) is 78.5 Å². The number of hydrogen-bond donors (Lipinski definition) is 2. The zero-order valence-corrected chi connectivity index (χ0v) is 16.3. The Hall–Kier alpha value is -1.76. The lowest BCUT2D eigenvalue weighted by atomic mass is 9.93. The minimum absolute atomic E-state index is 0.0923. The lowest BCUT2D eigenvalue weighted by Gasteiger charge is -2.25. The van der Waals surface area contributed by atoms with Crippen LogP contribution in [0.2, 0.25) is 0 Å². The Morgan fingerprint density at radius 2 is 1.71 bits per heavy atom. The largest absolute Gasteiger partial charge is 0.372 e. The summed E-state index contributed by atoms with van der Waals surface area (Å²) in [5, 5.41) is 3.00. The predicted octanol–water partition coefficient (Wildman–Crippen LogP) is 2.65. The molecular weight excluding hydrogens is 326 g/mol. The molecule has 24 heavy (non-hydrogen) atoms. The smallest absolute Gasteiger partial charge is 0.229 e. The Kier molecular flexibility index (Phi) is 4.61. The molecule has 0 saturated heterocycles. The van der Waals surface area contributed by atoms with Crippen LogP contribution in [0.15, 0.2) is 0 Å². The number of nitrogens with one attached hydrogen (secondary N) is 2. The molecule has 7 heteroatoms. The number of sulfonamides is 1.